The van der Waals surface area contributed by atoms with Gasteiger partial charge in [-0.3, -0.25) is 4.79 Å². The molecule has 2 rings (SSSR count). The fourth-order valence-electron chi connectivity index (χ4n) is 1.59. The van der Waals surface area contributed by atoms with Crippen molar-refractivity contribution in [3.8, 4) is 0 Å². The van der Waals surface area contributed by atoms with Gasteiger partial charge in [0.15, 0.2) is 0 Å². The van der Waals surface area contributed by atoms with Crippen LogP contribution in [0.4, 0.5) is 0 Å². The third-order valence-corrected chi connectivity index (χ3v) is 3.23. The van der Waals surface area contributed by atoms with Crippen molar-refractivity contribution >= 4 is 29.1 Å². The van der Waals surface area contributed by atoms with Crippen molar-refractivity contribution in [3.63, 3.8) is 0 Å². The van der Waals surface area contributed by atoms with E-state index >= 15 is 0 Å². The molecule has 0 unspecified atom stereocenters. The monoisotopic (exact) mass is 273 g/mol. The molecular weight excluding hydrogens is 261 g/mol. The number of nitrogens with one attached hydrogen (secondary N) is 1. The van der Waals surface area contributed by atoms with E-state index in [1.165, 1.54) is 0 Å². The van der Waals surface area contributed by atoms with Crippen LogP contribution < -0.4 is 5.32 Å². The fraction of sp³-hybridized carbons (Fsp3) is 0.417. The van der Waals surface area contributed by atoms with Gasteiger partial charge in [0, 0.05) is 16.5 Å². The van der Waals surface area contributed by atoms with E-state index in [4.69, 9.17) is 27.9 Å². The maximum Gasteiger partial charge on any atom is 0.220 e. The first-order valence-corrected chi connectivity index (χ1v) is 6.22. The maximum absolute atomic E-state index is 11.6. The van der Waals surface area contributed by atoms with E-state index in [0.29, 0.717) is 36.1 Å². The van der Waals surface area contributed by atoms with Gasteiger partial charge in [0.25, 0.3) is 0 Å². The standard InChI is InChI=1S/C12H13Cl2NO2/c13-9-3-1-8(11(14)5-9)2-4-12(16)15-10-6-17-7-10/h1,3,5,10H,2,4,6-7H2,(H,15,16). The molecule has 0 saturated carbocycles. The van der Waals surface area contributed by atoms with Crippen LogP contribution in [0.5, 0.6) is 0 Å². The molecular formula is C12H13Cl2NO2. The van der Waals surface area contributed by atoms with Crippen LogP contribution in [-0.4, -0.2) is 25.2 Å². The number of halogens is 2. The Balaban J connectivity index is 1.82. The molecule has 17 heavy (non-hydrogen) atoms. The van der Waals surface area contributed by atoms with Crippen LogP contribution in [-0.2, 0) is 16.0 Å². The number of ether oxygens (including phenoxy) is 1. The average molecular weight is 274 g/mol. The third-order valence-electron chi connectivity index (χ3n) is 2.64. The fourth-order valence-corrected chi connectivity index (χ4v) is 2.09. The van der Waals surface area contributed by atoms with Crippen molar-refractivity contribution in [1.29, 1.82) is 0 Å². The lowest BCUT2D eigenvalue weighted by Crippen LogP contribution is -2.48. The minimum absolute atomic E-state index is 0.0318. The number of amides is 1. The largest absolute Gasteiger partial charge is 0.377 e. The summed E-state index contributed by atoms with van der Waals surface area (Å²) in [7, 11) is 0. The van der Waals surface area contributed by atoms with Gasteiger partial charge in [0.05, 0.1) is 19.3 Å². The van der Waals surface area contributed by atoms with Gasteiger partial charge in [0.1, 0.15) is 0 Å². The van der Waals surface area contributed by atoms with Crippen molar-refractivity contribution in [2.24, 2.45) is 0 Å². The number of hydrogen-bond acceptors (Lipinski definition) is 2. The lowest BCUT2D eigenvalue weighted by Gasteiger charge is -2.26. The Labute approximate surface area is 110 Å². The molecule has 1 saturated heterocycles. The second-order valence-corrected chi connectivity index (χ2v) is 4.88. The molecule has 1 heterocycles. The molecule has 3 nitrogen and oxygen atoms in total. The zero-order chi connectivity index (χ0) is 12.3. The zero-order valence-electron chi connectivity index (χ0n) is 9.21. The smallest absolute Gasteiger partial charge is 0.220 e. The van der Waals surface area contributed by atoms with E-state index < -0.39 is 0 Å². The first kappa shape index (κ1) is 12.7. The lowest BCUT2D eigenvalue weighted by atomic mass is 10.1. The molecule has 1 aromatic rings. The molecule has 92 valence electrons. The van der Waals surface area contributed by atoms with Gasteiger partial charge in [-0.2, -0.15) is 0 Å². The van der Waals surface area contributed by atoms with Crippen LogP contribution in [0.3, 0.4) is 0 Å². The first-order valence-electron chi connectivity index (χ1n) is 5.46. The molecule has 5 heteroatoms. The number of carbonyl (C=O) groups excluding carboxylic acids is 1. The Bertz CT molecular complexity index is 419. The summed E-state index contributed by atoms with van der Waals surface area (Å²) < 4.78 is 4.98. The van der Waals surface area contributed by atoms with E-state index in [-0.39, 0.29) is 11.9 Å². The molecule has 1 aromatic carbocycles. The topological polar surface area (TPSA) is 38.3 Å². The molecule has 0 aliphatic carbocycles. The predicted octanol–water partition coefficient (Wildman–Crippen LogP) is 2.44. The molecule has 0 bridgehead atoms. The van der Waals surface area contributed by atoms with E-state index in [2.05, 4.69) is 5.32 Å². The number of benzene rings is 1. The lowest BCUT2D eigenvalue weighted by molar-refractivity contribution is -0.125. The maximum atomic E-state index is 11.6. The summed E-state index contributed by atoms with van der Waals surface area (Å²) in [5.74, 6) is 0.0318. The molecule has 1 amide bonds. The summed E-state index contributed by atoms with van der Waals surface area (Å²) in [4.78, 5) is 11.6. The number of rotatable bonds is 4. The minimum atomic E-state index is 0.0318. The Morgan fingerprint density at radius 1 is 1.41 bits per heavy atom. The van der Waals surface area contributed by atoms with Gasteiger partial charge >= 0.3 is 0 Å². The molecule has 1 aliphatic heterocycles. The van der Waals surface area contributed by atoms with Crippen LogP contribution >= 0.6 is 23.2 Å². The van der Waals surface area contributed by atoms with Gasteiger partial charge in [-0.15, -0.1) is 0 Å². The normalized spacial score (nSPS) is 15.4. The zero-order valence-corrected chi connectivity index (χ0v) is 10.7. The highest BCUT2D eigenvalue weighted by atomic mass is 35.5. The molecule has 0 atom stereocenters. The van der Waals surface area contributed by atoms with Crippen molar-refractivity contribution in [3.05, 3.63) is 33.8 Å². The van der Waals surface area contributed by atoms with Gasteiger partial charge < -0.3 is 10.1 Å². The van der Waals surface area contributed by atoms with Crippen molar-refractivity contribution in [1.82, 2.24) is 5.32 Å². The Morgan fingerprint density at radius 3 is 2.76 bits per heavy atom. The van der Waals surface area contributed by atoms with Crippen molar-refractivity contribution < 1.29 is 9.53 Å². The molecule has 0 radical (unpaired) electrons. The number of carbonyl (C=O) groups is 1. The van der Waals surface area contributed by atoms with Crippen molar-refractivity contribution in [2.75, 3.05) is 13.2 Å². The van der Waals surface area contributed by atoms with Crippen LogP contribution in [0.1, 0.15) is 12.0 Å². The second-order valence-electron chi connectivity index (χ2n) is 4.04. The molecule has 1 fully saturated rings. The van der Waals surface area contributed by atoms with E-state index in [1.54, 1.807) is 12.1 Å². The van der Waals surface area contributed by atoms with Gasteiger partial charge in [-0.1, -0.05) is 29.3 Å². The van der Waals surface area contributed by atoms with Gasteiger partial charge in [-0.25, -0.2) is 0 Å². The summed E-state index contributed by atoms with van der Waals surface area (Å²) in [5.41, 5.74) is 0.941. The van der Waals surface area contributed by atoms with E-state index in [1.807, 2.05) is 6.07 Å². The summed E-state index contributed by atoms with van der Waals surface area (Å²) >= 11 is 11.8. The second kappa shape index (κ2) is 5.71. The molecule has 1 N–H and O–H groups in total. The highest BCUT2D eigenvalue weighted by Gasteiger charge is 2.20. The highest BCUT2D eigenvalue weighted by Crippen LogP contribution is 2.22. The van der Waals surface area contributed by atoms with Crippen molar-refractivity contribution in [2.45, 2.75) is 18.9 Å². The number of hydrogen-bond donors (Lipinski definition) is 1. The van der Waals surface area contributed by atoms with E-state index in [0.717, 1.165) is 5.56 Å². The Hall–Kier alpha value is -0.770. The van der Waals surface area contributed by atoms with Gasteiger partial charge in [-0.05, 0) is 24.1 Å². The van der Waals surface area contributed by atoms with Crippen LogP contribution in [0.25, 0.3) is 0 Å². The molecule has 1 aliphatic rings. The first-order chi connectivity index (χ1) is 8.15. The highest BCUT2D eigenvalue weighted by molar-refractivity contribution is 6.35. The number of aryl methyl sites for hydroxylation is 1. The van der Waals surface area contributed by atoms with E-state index in [9.17, 15) is 4.79 Å². The van der Waals surface area contributed by atoms with Gasteiger partial charge in [0.2, 0.25) is 5.91 Å². The average Bonchev–Trinajstić information content (AvgIpc) is 2.22. The van der Waals surface area contributed by atoms with Crippen LogP contribution in [0.2, 0.25) is 10.0 Å². The Morgan fingerprint density at radius 2 is 2.18 bits per heavy atom. The molecule has 0 aromatic heterocycles. The summed E-state index contributed by atoms with van der Waals surface area (Å²) in [5, 5.41) is 4.10. The summed E-state index contributed by atoms with van der Waals surface area (Å²) in [6, 6.07) is 5.50. The minimum Gasteiger partial charge on any atom is -0.377 e. The Kier molecular flexibility index (Phi) is 4.26. The summed E-state index contributed by atoms with van der Waals surface area (Å²) in [6.45, 7) is 1.24. The quantitative estimate of drug-likeness (QED) is 0.915. The van der Waals surface area contributed by atoms with Crippen LogP contribution in [0, 0.1) is 0 Å². The summed E-state index contributed by atoms with van der Waals surface area (Å²) in [6.07, 6.45) is 1.05. The predicted molar refractivity (Wildman–Crippen MR) is 67.5 cm³/mol. The third kappa shape index (κ3) is 3.60. The van der Waals surface area contributed by atoms with Crippen LogP contribution in [0.15, 0.2) is 18.2 Å². The molecule has 0 spiro atoms. The SMILES string of the molecule is O=C(CCc1ccc(Cl)cc1Cl)NC1COC1.